The molecule has 3 rings (SSSR count). The highest BCUT2D eigenvalue weighted by molar-refractivity contribution is 7.15. The number of ether oxygens (including phenoxy) is 1. The van der Waals surface area contributed by atoms with Gasteiger partial charge in [-0.25, -0.2) is 19.7 Å². The van der Waals surface area contributed by atoms with Gasteiger partial charge in [0.15, 0.2) is 0 Å². The normalized spacial score (nSPS) is 11.3. The number of nitrogens with one attached hydrogen (secondary N) is 1. The van der Waals surface area contributed by atoms with Crippen molar-refractivity contribution < 1.29 is 9.53 Å². The van der Waals surface area contributed by atoms with Gasteiger partial charge in [-0.1, -0.05) is 0 Å². The van der Waals surface area contributed by atoms with Gasteiger partial charge in [0.1, 0.15) is 17.2 Å². The van der Waals surface area contributed by atoms with Crippen LogP contribution in [0.3, 0.4) is 0 Å². The lowest BCUT2D eigenvalue weighted by molar-refractivity contribution is 0.0529. The molecule has 0 atom stereocenters. The van der Waals surface area contributed by atoms with Crippen LogP contribution in [0, 0.1) is 6.92 Å². The molecule has 3 aromatic rings. The Bertz CT molecular complexity index is 1020. The molecule has 3 aromatic heterocycles. The molecule has 1 amide bonds. The summed E-state index contributed by atoms with van der Waals surface area (Å²) in [5, 5.41) is 3.76. The molecule has 0 aliphatic carbocycles. The summed E-state index contributed by atoms with van der Waals surface area (Å²) >= 11 is 1.65. The topological polar surface area (TPSA) is 93.1 Å². The summed E-state index contributed by atoms with van der Waals surface area (Å²) < 4.78 is 5.26. The van der Waals surface area contributed by atoms with Crippen LogP contribution in [0.5, 0.6) is 0 Å². The van der Waals surface area contributed by atoms with Gasteiger partial charge in [-0.05, 0) is 45.4 Å². The van der Waals surface area contributed by atoms with Crippen molar-refractivity contribution in [2.24, 2.45) is 0 Å². The highest BCUT2D eigenvalue weighted by Crippen LogP contribution is 2.27. The number of likely N-dealkylation sites (N-methyl/N-ethyl adjacent to an activating group) is 1. The fraction of sp³-hybridized carbons (Fsp3) is 0.409. The quantitative estimate of drug-likeness (QED) is 0.596. The Kier molecular flexibility index (Phi) is 7.17. The summed E-state index contributed by atoms with van der Waals surface area (Å²) in [6.45, 7) is 8.44. The summed E-state index contributed by atoms with van der Waals surface area (Å²) in [5.74, 6) is 1.50. The van der Waals surface area contributed by atoms with E-state index in [2.05, 4.69) is 25.3 Å². The van der Waals surface area contributed by atoms with Gasteiger partial charge in [0.2, 0.25) is 0 Å². The predicted molar refractivity (Wildman–Crippen MR) is 122 cm³/mol. The standard InChI is InChI=1S/C22H28N6O2S/c1-15-26-17(13-20-25-14-18(31-20)16-6-8-23-9-7-16)12-19(27-15)28(5)11-10-24-21(29)30-22(2,3)4/h6-9,12,14H,10-11,13H2,1-5H3,(H,24,29). The van der Waals surface area contributed by atoms with Crippen LogP contribution < -0.4 is 10.2 Å². The van der Waals surface area contributed by atoms with E-state index < -0.39 is 11.7 Å². The lowest BCUT2D eigenvalue weighted by atomic mass is 10.2. The van der Waals surface area contributed by atoms with E-state index in [0.29, 0.717) is 25.3 Å². The largest absolute Gasteiger partial charge is 0.444 e. The Hall–Kier alpha value is -3.07. The van der Waals surface area contributed by atoms with Crippen LogP contribution in [0.25, 0.3) is 10.4 Å². The second-order valence-electron chi connectivity index (χ2n) is 8.15. The zero-order valence-electron chi connectivity index (χ0n) is 18.5. The molecule has 9 heteroatoms. The molecule has 3 heterocycles. The molecule has 0 spiro atoms. The number of aryl methyl sites for hydroxylation is 1. The van der Waals surface area contributed by atoms with Crippen LogP contribution in [0.4, 0.5) is 10.6 Å². The van der Waals surface area contributed by atoms with Crippen LogP contribution >= 0.6 is 11.3 Å². The number of thiazole rings is 1. The number of anilines is 1. The minimum absolute atomic E-state index is 0.422. The number of hydrogen-bond acceptors (Lipinski definition) is 8. The number of pyridine rings is 1. The Morgan fingerprint density at radius 2 is 1.97 bits per heavy atom. The predicted octanol–water partition coefficient (Wildman–Crippen LogP) is 3.86. The second-order valence-corrected chi connectivity index (χ2v) is 9.26. The Balaban J connectivity index is 1.61. The smallest absolute Gasteiger partial charge is 0.407 e. The average molecular weight is 441 g/mol. The molecule has 164 valence electrons. The summed E-state index contributed by atoms with van der Waals surface area (Å²) in [5.41, 5.74) is 1.50. The summed E-state index contributed by atoms with van der Waals surface area (Å²) in [7, 11) is 1.94. The van der Waals surface area contributed by atoms with E-state index in [4.69, 9.17) is 4.74 Å². The van der Waals surface area contributed by atoms with Crippen LogP contribution in [0.15, 0.2) is 36.8 Å². The number of amides is 1. The zero-order chi connectivity index (χ0) is 22.4. The summed E-state index contributed by atoms with van der Waals surface area (Å²) in [6.07, 6.45) is 5.66. The minimum Gasteiger partial charge on any atom is -0.444 e. The molecule has 0 aromatic carbocycles. The van der Waals surface area contributed by atoms with Crippen molar-refractivity contribution in [1.29, 1.82) is 0 Å². The highest BCUT2D eigenvalue weighted by atomic mass is 32.1. The van der Waals surface area contributed by atoms with Crippen LogP contribution in [-0.2, 0) is 11.2 Å². The van der Waals surface area contributed by atoms with E-state index in [1.807, 2.05) is 64.0 Å². The molecule has 0 saturated carbocycles. The third-order valence-corrected chi connectivity index (χ3v) is 5.28. The number of hydrogen-bond donors (Lipinski definition) is 1. The van der Waals surface area contributed by atoms with Crippen LogP contribution in [-0.4, -0.2) is 51.8 Å². The van der Waals surface area contributed by atoms with Gasteiger partial charge in [0, 0.05) is 51.2 Å². The maximum atomic E-state index is 11.8. The van der Waals surface area contributed by atoms with Crippen molar-refractivity contribution in [3.05, 3.63) is 53.3 Å². The van der Waals surface area contributed by atoms with E-state index in [9.17, 15) is 4.79 Å². The van der Waals surface area contributed by atoms with Crippen molar-refractivity contribution in [2.45, 2.75) is 39.7 Å². The van der Waals surface area contributed by atoms with E-state index in [-0.39, 0.29) is 0 Å². The number of carbonyl (C=O) groups is 1. The van der Waals surface area contributed by atoms with Crippen LogP contribution in [0.2, 0.25) is 0 Å². The molecule has 0 radical (unpaired) electrons. The van der Waals surface area contributed by atoms with Gasteiger partial charge >= 0.3 is 6.09 Å². The minimum atomic E-state index is -0.512. The Morgan fingerprint density at radius 3 is 2.68 bits per heavy atom. The van der Waals surface area contributed by atoms with Gasteiger partial charge in [0.25, 0.3) is 0 Å². The maximum Gasteiger partial charge on any atom is 0.407 e. The fourth-order valence-electron chi connectivity index (χ4n) is 2.85. The van der Waals surface area contributed by atoms with Gasteiger partial charge in [-0.15, -0.1) is 11.3 Å². The average Bonchev–Trinajstić information content (AvgIpc) is 3.15. The van der Waals surface area contributed by atoms with Gasteiger partial charge in [-0.2, -0.15) is 0 Å². The second kappa shape index (κ2) is 9.82. The van der Waals surface area contributed by atoms with E-state index >= 15 is 0 Å². The molecule has 31 heavy (non-hydrogen) atoms. The molecular weight excluding hydrogens is 412 g/mol. The van der Waals surface area contributed by atoms with Crippen molar-refractivity contribution in [2.75, 3.05) is 25.0 Å². The number of rotatable bonds is 7. The Morgan fingerprint density at radius 1 is 1.23 bits per heavy atom. The molecule has 0 unspecified atom stereocenters. The van der Waals surface area contributed by atoms with Crippen molar-refractivity contribution in [1.82, 2.24) is 25.3 Å². The molecule has 8 nitrogen and oxygen atoms in total. The first-order chi connectivity index (χ1) is 14.7. The van der Waals surface area contributed by atoms with E-state index in [0.717, 1.165) is 27.0 Å². The molecule has 0 bridgehead atoms. The van der Waals surface area contributed by atoms with Crippen molar-refractivity contribution >= 4 is 23.2 Å². The molecule has 0 saturated heterocycles. The van der Waals surface area contributed by atoms with Gasteiger partial charge < -0.3 is 15.0 Å². The number of carbonyl (C=O) groups excluding carboxylic acids is 1. The first-order valence-electron chi connectivity index (χ1n) is 10.1. The number of nitrogens with zero attached hydrogens (tertiary/aromatic N) is 5. The van der Waals surface area contributed by atoms with Gasteiger partial charge in [0.05, 0.1) is 15.6 Å². The molecule has 1 N–H and O–H groups in total. The maximum absolute atomic E-state index is 11.8. The van der Waals surface area contributed by atoms with Crippen molar-refractivity contribution in [3.63, 3.8) is 0 Å². The fourth-order valence-corrected chi connectivity index (χ4v) is 3.79. The van der Waals surface area contributed by atoms with Gasteiger partial charge in [-0.3, -0.25) is 4.98 Å². The highest BCUT2D eigenvalue weighted by Gasteiger charge is 2.16. The monoisotopic (exact) mass is 440 g/mol. The van der Waals surface area contributed by atoms with Crippen molar-refractivity contribution in [3.8, 4) is 10.4 Å². The third kappa shape index (κ3) is 6.99. The first kappa shape index (κ1) is 22.6. The third-order valence-electron chi connectivity index (χ3n) is 4.23. The Labute approximate surface area is 186 Å². The SMILES string of the molecule is Cc1nc(Cc2ncc(-c3ccncc3)s2)cc(N(C)CCNC(=O)OC(C)(C)C)n1. The summed E-state index contributed by atoms with van der Waals surface area (Å²) in [6, 6.07) is 5.92. The lowest BCUT2D eigenvalue weighted by Crippen LogP contribution is -2.37. The molecule has 0 aliphatic heterocycles. The molecule has 0 fully saturated rings. The number of aromatic nitrogens is 4. The zero-order valence-corrected chi connectivity index (χ0v) is 19.4. The lowest BCUT2D eigenvalue weighted by Gasteiger charge is -2.22. The van der Waals surface area contributed by atoms with E-state index in [1.165, 1.54) is 0 Å². The first-order valence-corrected chi connectivity index (χ1v) is 10.9. The molecular formula is C22H28N6O2S. The van der Waals surface area contributed by atoms with Crippen LogP contribution in [0.1, 0.15) is 37.3 Å². The van der Waals surface area contributed by atoms with E-state index in [1.54, 1.807) is 23.7 Å². The number of alkyl carbamates (subject to hydrolysis) is 1. The molecule has 0 aliphatic rings. The summed E-state index contributed by atoms with van der Waals surface area (Å²) in [4.78, 5) is 32.6.